The Balaban J connectivity index is 1.72. The molecule has 1 fully saturated rings. The number of nitrogens with zero attached hydrogens (tertiary/aromatic N) is 1. The molecule has 0 aromatic heterocycles. The van der Waals surface area contributed by atoms with Gasteiger partial charge in [0.2, 0.25) is 5.91 Å². The number of imide groups is 1. The fourth-order valence-corrected chi connectivity index (χ4v) is 3.53. The van der Waals surface area contributed by atoms with E-state index >= 15 is 0 Å². The Hall–Kier alpha value is -2.57. The van der Waals surface area contributed by atoms with E-state index in [1.54, 1.807) is 19.1 Å². The van der Waals surface area contributed by atoms with Crippen molar-refractivity contribution in [2.24, 2.45) is 0 Å². The number of rotatable bonds is 5. The minimum Gasteiger partial charge on any atom is -0.322 e. The number of carbonyl (C=O) groups is 3. The molecule has 8 heteroatoms. The lowest BCUT2D eigenvalue weighted by molar-refractivity contribution is -0.130. The van der Waals surface area contributed by atoms with E-state index in [1.165, 1.54) is 0 Å². The second-order valence-electron chi connectivity index (χ2n) is 7.23. The van der Waals surface area contributed by atoms with E-state index < -0.39 is 30.4 Å². The van der Waals surface area contributed by atoms with Crippen LogP contribution in [0.25, 0.3) is 0 Å². The summed E-state index contributed by atoms with van der Waals surface area (Å²) in [6.45, 7) is 5.49. The summed E-state index contributed by atoms with van der Waals surface area (Å²) in [7, 11) is 0. The summed E-state index contributed by atoms with van der Waals surface area (Å²) in [5, 5.41) is 5.79. The first-order valence-electron chi connectivity index (χ1n) is 9.15. The van der Waals surface area contributed by atoms with Crippen molar-refractivity contribution in [1.29, 1.82) is 0 Å². The zero-order chi connectivity index (χ0) is 21.3. The van der Waals surface area contributed by atoms with Crippen LogP contribution in [0.1, 0.15) is 42.5 Å². The van der Waals surface area contributed by atoms with Crippen LogP contribution in [-0.2, 0) is 9.59 Å². The van der Waals surface area contributed by atoms with E-state index in [1.807, 2.05) is 24.3 Å². The van der Waals surface area contributed by atoms with Crippen molar-refractivity contribution in [2.75, 3.05) is 11.9 Å². The normalized spacial score (nSPS) is 16.3. The Kier molecular flexibility index (Phi) is 6.15. The number of anilines is 1. The molecule has 1 saturated heterocycles. The molecule has 3 rings (SSSR count). The predicted octanol–water partition coefficient (Wildman–Crippen LogP) is 4.66. The minimum atomic E-state index is -0.817. The number of benzene rings is 2. The summed E-state index contributed by atoms with van der Waals surface area (Å²) in [6, 6.07) is 9.39. The highest BCUT2D eigenvalue weighted by Crippen LogP contribution is 2.33. The Morgan fingerprint density at radius 3 is 2.41 bits per heavy atom. The summed E-state index contributed by atoms with van der Waals surface area (Å²) < 4.78 is 0. The van der Waals surface area contributed by atoms with Crippen molar-refractivity contribution in [3.63, 3.8) is 0 Å². The van der Waals surface area contributed by atoms with Crippen LogP contribution in [-0.4, -0.2) is 29.3 Å². The number of nitrogens with one attached hydrogen (secondary N) is 2. The lowest BCUT2D eigenvalue weighted by Crippen LogP contribution is -2.38. The molecular weight excluding hydrogens is 413 g/mol. The molecular formula is C21H21Cl2N3O3. The van der Waals surface area contributed by atoms with Gasteiger partial charge in [0.15, 0.2) is 0 Å². The lowest BCUT2D eigenvalue weighted by atomic mass is 9.99. The summed E-state index contributed by atoms with van der Waals surface area (Å²) in [5.74, 6) is -0.694. The third-order valence-corrected chi connectivity index (χ3v) is 5.61. The Morgan fingerprint density at radius 2 is 1.79 bits per heavy atom. The van der Waals surface area contributed by atoms with Crippen LogP contribution >= 0.6 is 23.2 Å². The first-order chi connectivity index (χ1) is 13.7. The van der Waals surface area contributed by atoms with Crippen molar-refractivity contribution in [2.45, 2.75) is 32.7 Å². The van der Waals surface area contributed by atoms with Gasteiger partial charge in [-0.05, 0) is 35.6 Å². The van der Waals surface area contributed by atoms with Crippen molar-refractivity contribution in [3.05, 3.63) is 63.1 Å². The lowest BCUT2D eigenvalue weighted by Gasteiger charge is -2.15. The monoisotopic (exact) mass is 433 g/mol. The molecule has 1 aliphatic rings. The van der Waals surface area contributed by atoms with Crippen molar-refractivity contribution in [1.82, 2.24) is 10.2 Å². The van der Waals surface area contributed by atoms with E-state index in [0.29, 0.717) is 16.5 Å². The van der Waals surface area contributed by atoms with Gasteiger partial charge < -0.3 is 10.6 Å². The maximum absolute atomic E-state index is 12.7. The van der Waals surface area contributed by atoms with Crippen LogP contribution in [0.15, 0.2) is 36.4 Å². The molecule has 4 amide bonds. The molecule has 0 unspecified atom stereocenters. The Labute approximate surface area is 179 Å². The molecule has 1 atom stereocenters. The number of hydrogen-bond donors (Lipinski definition) is 2. The van der Waals surface area contributed by atoms with Crippen molar-refractivity contribution >= 4 is 46.7 Å². The summed E-state index contributed by atoms with van der Waals surface area (Å²) >= 11 is 12.3. The van der Waals surface area contributed by atoms with Crippen LogP contribution in [0.5, 0.6) is 0 Å². The number of halogens is 2. The van der Waals surface area contributed by atoms with Crippen LogP contribution in [0.4, 0.5) is 10.5 Å². The average molecular weight is 434 g/mol. The van der Waals surface area contributed by atoms with Gasteiger partial charge in [0.1, 0.15) is 12.6 Å². The topological polar surface area (TPSA) is 78.5 Å². The van der Waals surface area contributed by atoms with Crippen LogP contribution in [0.3, 0.4) is 0 Å². The van der Waals surface area contributed by atoms with Gasteiger partial charge in [-0.2, -0.15) is 0 Å². The molecule has 1 heterocycles. The number of carbonyl (C=O) groups excluding carboxylic acids is 3. The first kappa shape index (κ1) is 21.1. The minimum absolute atomic E-state index is 0.256. The van der Waals surface area contributed by atoms with Gasteiger partial charge in [0.05, 0.1) is 15.7 Å². The molecule has 2 aromatic carbocycles. The van der Waals surface area contributed by atoms with Gasteiger partial charge in [-0.15, -0.1) is 0 Å². The Bertz CT molecular complexity index is 974. The molecule has 0 saturated carbocycles. The molecule has 152 valence electrons. The van der Waals surface area contributed by atoms with E-state index in [9.17, 15) is 14.4 Å². The molecule has 0 spiro atoms. The van der Waals surface area contributed by atoms with Gasteiger partial charge in [0.25, 0.3) is 5.91 Å². The average Bonchev–Trinajstić information content (AvgIpc) is 2.96. The number of aryl methyl sites for hydroxylation is 1. The highest BCUT2D eigenvalue weighted by molar-refractivity contribution is 6.40. The molecule has 2 aromatic rings. The van der Waals surface area contributed by atoms with Crippen LogP contribution in [0.2, 0.25) is 10.0 Å². The van der Waals surface area contributed by atoms with E-state index in [4.69, 9.17) is 23.2 Å². The summed E-state index contributed by atoms with van der Waals surface area (Å²) in [4.78, 5) is 38.3. The van der Waals surface area contributed by atoms with Crippen LogP contribution < -0.4 is 10.6 Å². The smallest absolute Gasteiger partial charge is 0.322 e. The van der Waals surface area contributed by atoms with Crippen molar-refractivity contribution in [3.8, 4) is 0 Å². The SMILES string of the molecule is Cc1ccc(Cl)c(NC(=O)CN2C(=O)N[C@@H](c3ccc(C(C)C)cc3)C2=O)c1Cl. The highest BCUT2D eigenvalue weighted by atomic mass is 35.5. The maximum atomic E-state index is 12.7. The van der Waals surface area contributed by atoms with E-state index in [-0.39, 0.29) is 10.7 Å². The molecule has 29 heavy (non-hydrogen) atoms. The second kappa shape index (κ2) is 8.43. The molecule has 1 aliphatic heterocycles. The maximum Gasteiger partial charge on any atom is 0.325 e. The number of amides is 4. The molecule has 0 radical (unpaired) electrons. The third-order valence-electron chi connectivity index (χ3n) is 4.81. The zero-order valence-electron chi connectivity index (χ0n) is 16.3. The third kappa shape index (κ3) is 4.38. The molecule has 2 N–H and O–H groups in total. The van der Waals surface area contributed by atoms with Gasteiger partial charge in [-0.25, -0.2) is 4.79 Å². The summed E-state index contributed by atoms with van der Waals surface area (Å²) in [6.07, 6.45) is 0. The Morgan fingerprint density at radius 1 is 1.14 bits per heavy atom. The molecule has 6 nitrogen and oxygen atoms in total. The highest BCUT2D eigenvalue weighted by Gasteiger charge is 2.40. The van der Waals surface area contributed by atoms with Gasteiger partial charge >= 0.3 is 6.03 Å². The quantitative estimate of drug-likeness (QED) is 0.673. The first-order valence-corrected chi connectivity index (χ1v) is 9.90. The molecule has 0 aliphatic carbocycles. The number of hydrogen-bond acceptors (Lipinski definition) is 3. The van der Waals surface area contributed by atoms with Gasteiger partial charge in [-0.1, -0.05) is 67.4 Å². The van der Waals surface area contributed by atoms with Crippen molar-refractivity contribution < 1.29 is 14.4 Å². The fraction of sp³-hybridized carbons (Fsp3) is 0.286. The predicted molar refractivity (Wildman–Crippen MR) is 113 cm³/mol. The van der Waals surface area contributed by atoms with Crippen LogP contribution in [0, 0.1) is 6.92 Å². The largest absolute Gasteiger partial charge is 0.325 e. The molecule has 0 bridgehead atoms. The second-order valence-corrected chi connectivity index (χ2v) is 8.01. The van der Waals surface area contributed by atoms with Gasteiger partial charge in [0, 0.05) is 0 Å². The zero-order valence-corrected chi connectivity index (χ0v) is 17.8. The standard InChI is InChI=1S/C21H21Cl2N3O3/c1-11(2)13-5-7-14(8-6-13)18-20(28)26(21(29)25-18)10-16(27)24-19-15(22)9-4-12(3)17(19)23/h4-9,11,18H,10H2,1-3H3,(H,24,27)(H,25,29)/t18-/m0/s1. The van der Waals surface area contributed by atoms with E-state index in [0.717, 1.165) is 16.0 Å². The summed E-state index contributed by atoms with van der Waals surface area (Å²) in [5.41, 5.74) is 2.80. The number of urea groups is 1. The fourth-order valence-electron chi connectivity index (χ4n) is 3.06. The van der Waals surface area contributed by atoms with Gasteiger partial charge in [-0.3, -0.25) is 14.5 Å². The van der Waals surface area contributed by atoms with E-state index in [2.05, 4.69) is 24.5 Å².